The molecule has 2 aliphatic heterocycles. The van der Waals surface area contributed by atoms with Crippen LogP contribution in [0.4, 0.5) is 0 Å². The summed E-state index contributed by atoms with van der Waals surface area (Å²) in [5.41, 5.74) is 0. The largest absolute Gasteiger partial charge is 0.345 e. The van der Waals surface area contributed by atoms with E-state index in [1.54, 1.807) is 0 Å². The molecule has 80 valence electrons. The second kappa shape index (κ2) is 4.75. The first kappa shape index (κ1) is 9.93. The van der Waals surface area contributed by atoms with Crippen LogP contribution in [0.25, 0.3) is 0 Å². The van der Waals surface area contributed by atoms with Gasteiger partial charge in [0, 0.05) is 19.6 Å². The third-order valence-electron chi connectivity index (χ3n) is 2.96. The van der Waals surface area contributed by atoms with Gasteiger partial charge in [-0.1, -0.05) is 13.3 Å². The number of aliphatic imine (C=N–C) groups is 1. The predicted molar refractivity (Wildman–Crippen MR) is 58.3 cm³/mol. The average Bonchev–Trinajstić information content (AvgIpc) is 2.87. The number of rotatable bonds is 4. The summed E-state index contributed by atoms with van der Waals surface area (Å²) in [6, 6.07) is 0. The predicted octanol–water partition coefficient (Wildman–Crippen LogP) is 0.319. The standard InChI is InChI=1S/C10H20N4/c1-2-3-10(13-6-4-11-8-13)14-7-5-12-9-14/h8,10,12H,2-7,9H2,1H3. The van der Waals surface area contributed by atoms with E-state index >= 15 is 0 Å². The highest BCUT2D eigenvalue weighted by molar-refractivity contribution is 5.57. The molecule has 0 radical (unpaired) electrons. The molecular weight excluding hydrogens is 176 g/mol. The summed E-state index contributed by atoms with van der Waals surface area (Å²) < 4.78 is 0. The molecule has 2 aliphatic rings. The van der Waals surface area contributed by atoms with Crippen molar-refractivity contribution >= 4 is 6.34 Å². The van der Waals surface area contributed by atoms with Gasteiger partial charge in [0.2, 0.25) is 0 Å². The Labute approximate surface area is 86.0 Å². The molecule has 0 bridgehead atoms. The van der Waals surface area contributed by atoms with Crippen molar-refractivity contribution in [2.75, 3.05) is 32.8 Å². The Bertz CT molecular complexity index is 198. The summed E-state index contributed by atoms with van der Waals surface area (Å²) in [7, 11) is 0. The van der Waals surface area contributed by atoms with Gasteiger partial charge in [-0.25, -0.2) is 0 Å². The Morgan fingerprint density at radius 2 is 2.43 bits per heavy atom. The molecule has 1 fully saturated rings. The van der Waals surface area contributed by atoms with Crippen LogP contribution in [0.2, 0.25) is 0 Å². The van der Waals surface area contributed by atoms with Gasteiger partial charge in [-0.15, -0.1) is 0 Å². The maximum absolute atomic E-state index is 4.29. The fourth-order valence-electron chi connectivity index (χ4n) is 2.21. The SMILES string of the molecule is CCCC(N1C=NCC1)N1CCNC1. The van der Waals surface area contributed by atoms with Crippen LogP contribution >= 0.6 is 0 Å². The van der Waals surface area contributed by atoms with E-state index in [0.29, 0.717) is 6.17 Å². The zero-order chi connectivity index (χ0) is 9.80. The molecule has 0 aromatic heterocycles. The van der Waals surface area contributed by atoms with Gasteiger partial charge < -0.3 is 10.2 Å². The van der Waals surface area contributed by atoms with Crippen molar-refractivity contribution in [3.8, 4) is 0 Å². The minimum Gasteiger partial charge on any atom is -0.345 e. The second-order valence-corrected chi connectivity index (χ2v) is 4.00. The molecule has 0 aliphatic carbocycles. The molecule has 0 saturated carbocycles. The lowest BCUT2D eigenvalue weighted by Gasteiger charge is -2.33. The summed E-state index contributed by atoms with van der Waals surface area (Å²) >= 11 is 0. The zero-order valence-corrected chi connectivity index (χ0v) is 8.95. The summed E-state index contributed by atoms with van der Waals surface area (Å²) in [6.07, 6.45) is 5.08. The van der Waals surface area contributed by atoms with E-state index in [4.69, 9.17) is 0 Å². The molecule has 4 heteroatoms. The van der Waals surface area contributed by atoms with Crippen LogP contribution in [0.5, 0.6) is 0 Å². The van der Waals surface area contributed by atoms with Gasteiger partial charge in [0.15, 0.2) is 0 Å². The van der Waals surface area contributed by atoms with Crippen molar-refractivity contribution in [2.24, 2.45) is 4.99 Å². The Balaban J connectivity index is 1.94. The first-order valence-electron chi connectivity index (χ1n) is 5.62. The Kier molecular flexibility index (Phi) is 3.37. The molecule has 0 aromatic carbocycles. The van der Waals surface area contributed by atoms with Crippen molar-refractivity contribution in [1.29, 1.82) is 0 Å². The van der Waals surface area contributed by atoms with E-state index in [2.05, 4.69) is 27.0 Å². The monoisotopic (exact) mass is 196 g/mol. The van der Waals surface area contributed by atoms with E-state index in [0.717, 1.165) is 26.3 Å². The number of hydrogen-bond acceptors (Lipinski definition) is 4. The molecular formula is C10H20N4. The van der Waals surface area contributed by atoms with E-state index in [9.17, 15) is 0 Å². The molecule has 14 heavy (non-hydrogen) atoms. The van der Waals surface area contributed by atoms with Gasteiger partial charge in [0.05, 0.1) is 25.7 Å². The van der Waals surface area contributed by atoms with Crippen LogP contribution in [0, 0.1) is 0 Å². The molecule has 1 N–H and O–H groups in total. The molecule has 0 aromatic rings. The topological polar surface area (TPSA) is 30.9 Å². The van der Waals surface area contributed by atoms with E-state index in [1.165, 1.54) is 19.4 Å². The van der Waals surface area contributed by atoms with Gasteiger partial charge in [-0.3, -0.25) is 9.89 Å². The van der Waals surface area contributed by atoms with E-state index in [-0.39, 0.29) is 0 Å². The highest BCUT2D eigenvalue weighted by Crippen LogP contribution is 2.14. The third kappa shape index (κ3) is 2.07. The van der Waals surface area contributed by atoms with Crippen molar-refractivity contribution in [3.05, 3.63) is 0 Å². The lowest BCUT2D eigenvalue weighted by atomic mass is 10.2. The fraction of sp³-hybridized carbons (Fsp3) is 0.900. The fourth-order valence-corrected chi connectivity index (χ4v) is 2.21. The number of nitrogens with zero attached hydrogens (tertiary/aromatic N) is 3. The van der Waals surface area contributed by atoms with Crippen LogP contribution in [0.1, 0.15) is 19.8 Å². The molecule has 0 spiro atoms. The maximum Gasteiger partial charge on any atom is 0.0863 e. The van der Waals surface area contributed by atoms with E-state index in [1.807, 2.05) is 6.34 Å². The summed E-state index contributed by atoms with van der Waals surface area (Å²) in [5, 5.41) is 3.39. The quantitative estimate of drug-likeness (QED) is 0.702. The smallest absolute Gasteiger partial charge is 0.0863 e. The van der Waals surface area contributed by atoms with Crippen molar-refractivity contribution in [2.45, 2.75) is 25.9 Å². The van der Waals surface area contributed by atoms with Crippen molar-refractivity contribution < 1.29 is 0 Å². The van der Waals surface area contributed by atoms with Gasteiger partial charge in [-0.2, -0.15) is 0 Å². The first-order valence-corrected chi connectivity index (χ1v) is 5.62. The minimum absolute atomic E-state index is 0.571. The lowest BCUT2D eigenvalue weighted by Crippen LogP contribution is -2.46. The summed E-state index contributed by atoms with van der Waals surface area (Å²) in [5.74, 6) is 0. The number of hydrogen-bond donors (Lipinski definition) is 1. The van der Waals surface area contributed by atoms with Crippen LogP contribution < -0.4 is 5.32 Å². The second-order valence-electron chi connectivity index (χ2n) is 4.00. The molecule has 0 amide bonds. The average molecular weight is 196 g/mol. The molecule has 4 nitrogen and oxygen atoms in total. The van der Waals surface area contributed by atoms with Crippen LogP contribution in [-0.2, 0) is 0 Å². The van der Waals surface area contributed by atoms with Crippen molar-refractivity contribution in [1.82, 2.24) is 15.1 Å². The van der Waals surface area contributed by atoms with Gasteiger partial charge in [0.25, 0.3) is 0 Å². The van der Waals surface area contributed by atoms with Crippen LogP contribution in [0.15, 0.2) is 4.99 Å². The molecule has 2 heterocycles. The Morgan fingerprint density at radius 3 is 3.00 bits per heavy atom. The zero-order valence-electron chi connectivity index (χ0n) is 8.95. The number of nitrogens with one attached hydrogen (secondary N) is 1. The lowest BCUT2D eigenvalue weighted by molar-refractivity contribution is 0.116. The maximum atomic E-state index is 4.29. The van der Waals surface area contributed by atoms with Crippen LogP contribution in [-0.4, -0.2) is 55.2 Å². The van der Waals surface area contributed by atoms with Crippen molar-refractivity contribution in [3.63, 3.8) is 0 Å². The van der Waals surface area contributed by atoms with Gasteiger partial charge >= 0.3 is 0 Å². The van der Waals surface area contributed by atoms with E-state index < -0.39 is 0 Å². The Hall–Kier alpha value is -0.610. The highest BCUT2D eigenvalue weighted by atomic mass is 15.4. The molecule has 1 saturated heterocycles. The highest BCUT2D eigenvalue weighted by Gasteiger charge is 2.26. The first-order chi connectivity index (χ1) is 6.92. The molecule has 1 unspecified atom stereocenters. The summed E-state index contributed by atoms with van der Waals surface area (Å²) in [6.45, 7) is 7.67. The Morgan fingerprint density at radius 1 is 1.50 bits per heavy atom. The van der Waals surface area contributed by atoms with Gasteiger partial charge in [-0.05, 0) is 6.42 Å². The van der Waals surface area contributed by atoms with Crippen LogP contribution in [0.3, 0.4) is 0 Å². The summed E-state index contributed by atoms with van der Waals surface area (Å²) in [4.78, 5) is 9.19. The molecule has 1 atom stereocenters. The van der Waals surface area contributed by atoms with Gasteiger partial charge in [0.1, 0.15) is 0 Å². The minimum atomic E-state index is 0.571. The normalized spacial score (nSPS) is 24.8. The molecule has 2 rings (SSSR count). The third-order valence-corrected chi connectivity index (χ3v) is 2.96.